The molecule has 0 saturated carbocycles. The lowest BCUT2D eigenvalue weighted by Gasteiger charge is -1.98. The molecule has 5 heteroatoms. The van der Waals surface area contributed by atoms with E-state index in [1.807, 2.05) is 0 Å². The highest BCUT2D eigenvalue weighted by Crippen LogP contribution is 2.19. The Morgan fingerprint density at radius 3 is 2.27 bits per heavy atom. The third-order valence-corrected chi connectivity index (χ3v) is 1.94. The van der Waals surface area contributed by atoms with Gasteiger partial charge in [-0.2, -0.15) is 0 Å². The van der Waals surface area contributed by atoms with Crippen molar-refractivity contribution in [2.45, 2.75) is 0 Å². The van der Waals surface area contributed by atoms with E-state index >= 15 is 0 Å². The van der Waals surface area contributed by atoms with E-state index in [2.05, 4.69) is 0 Å². The Hall–Kier alpha value is -0.100. The van der Waals surface area contributed by atoms with E-state index in [9.17, 15) is 8.78 Å². The molecule has 1 aromatic carbocycles. The van der Waals surface area contributed by atoms with Crippen molar-refractivity contribution in [2.24, 2.45) is 0 Å². The number of halogens is 4. The van der Waals surface area contributed by atoms with Gasteiger partial charge in [0, 0.05) is 9.64 Å². The molecular weight excluding hydrogens is 286 g/mol. The van der Waals surface area contributed by atoms with Gasteiger partial charge in [0.2, 0.25) is 0 Å². The molecule has 0 aliphatic heterocycles. The first-order valence-corrected chi connectivity index (χ1v) is 3.59. The van der Waals surface area contributed by atoms with E-state index in [0.717, 1.165) is 6.07 Å². The summed E-state index contributed by atoms with van der Waals surface area (Å²) in [5.74, 6) is -1.31. The van der Waals surface area contributed by atoms with Crippen LogP contribution in [0, 0.1) is 15.2 Å². The molecule has 11 heavy (non-hydrogen) atoms. The molecule has 0 heterocycles. The summed E-state index contributed by atoms with van der Waals surface area (Å²) in [6, 6.07) is 1.94. The number of anilines is 1. The van der Waals surface area contributed by atoms with E-state index in [0.29, 0.717) is 3.57 Å². The van der Waals surface area contributed by atoms with Gasteiger partial charge in [0.25, 0.3) is 0 Å². The number of nitrogens with two attached hydrogens (primary N) is 1. The van der Waals surface area contributed by atoms with Crippen LogP contribution >= 0.6 is 35.0 Å². The van der Waals surface area contributed by atoms with Crippen molar-refractivity contribution in [3.8, 4) is 0 Å². The van der Waals surface area contributed by atoms with Gasteiger partial charge in [-0.3, -0.25) is 0 Å². The van der Waals surface area contributed by atoms with Crippen LogP contribution < -0.4 is 5.73 Å². The number of nitrogen functional groups attached to an aromatic ring is 1. The Kier molecular flexibility index (Phi) is 4.02. The fourth-order valence-electron chi connectivity index (χ4n) is 0.553. The van der Waals surface area contributed by atoms with Crippen molar-refractivity contribution in [1.29, 1.82) is 0 Å². The highest BCUT2D eigenvalue weighted by Gasteiger charge is 2.04. The van der Waals surface area contributed by atoms with E-state index < -0.39 is 11.6 Å². The molecule has 0 aliphatic rings. The van der Waals surface area contributed by atoms with Gasteiger partial charge in [-0.15, -0.1) is 12.4 Å². The maximum atomic E-state index is 12.5. The van der Waals surface area contributed by atoms with Crippen molar-refractivity contribution in [3.63, 3.8) is 0 Å². The van der Waals surface area contributed by atoms with Gasteiger partial charge in [-0.25, -0.2) is 8.78 Å². The molecule has 1 rings (SSSR count). The van der Waals surface area contributed by atoms with Gasteiger partial charge in [-0.1, -0.05) is 0 Å². The van der Waals surface area contributed by atoms with Crippen LogP contribution in [0.1, 0.15) is 0 Å². The van der Waals surface area contributed by atoms with Gasteiger partial charge >= 0.3 is 0 Å². The van der Waals surface area contributed by atoms with Gasteiger partial charge in [-0.05, 0) is 28.7 Å². The Morgan fingerprint density at radius 2 is 1.82 bits per heavy atom. The van der Waals surface area contributed by atoms with Crippen LogP contribution in [-0.4, -0.2) is 0 Å². The summed E-state index contributed by atoms with van der Waals surface area (Å²) in [7, 11) is 0. The SMILES string of the molecule is Cl.Nc1c(F)cc(F)cc1I. The standard InChI is InChI=1S/C6H4F2IN.ClH/c7-3-1-4(8)6(10)5(9)2-3;/h1-2H,10H2;1H. The van der Waals surface area contributed by atoms with Crippen LogP contribution in [-0.2, 0) is 0 Å². The van der Waals surface area contributed by atoms with Gasteiger partial charge in [0.1, 0.15) is 11.6 Å². The highest BCUT2D eigenvalue weighted by atomic mass is 127. The Morgan fingerprint density at radius 1 is 1.27 bits per heavy atom. The van der Waals surface area contributed by atoms with Gasteiger partial charge in [0.05, 0.1) is 5.69 Å². The molecule has 0 aliphatic carbocycles. The van der Waals surface area contributed by atoms with Crippen LogP contribution in [0.25, 0.3) is 0 Å². The lowest BCUT2D eigenvalue weighted by molar-refractivity contribution is 0.585. The number of hydrogen-bond donors (Lipinski definition) is 1. The third-order valence-electron chi connectivity index (χ3n) is 1.04. The normalized spacial score (nSPS) is 9.00. The van der Waals surface area contributed by atoms with E-state index in [1.165, 1.54) is 6.07 Å². The van der Waals surface area contributed by atoms with Gasteiger partial charge < -0.3 is 5.73 Å². The minimum atomic E-state index is -0.704. The quantitative estimate of drug-likeness (QED) is 0.577. The van der Waals surface area contributed by atoms with Crippen LogP contribution in [0.5, 0.6) is 0 Å². The second-order valence-corrected chi connectivity index (χ2v) is 2.95. The average molecular weight is 291 g/mol. The van der Waals surface area contributed by atoms with Crippen molar-refractivity contribution >= 4 is 40.7 Å². The molecule has 0 amide bonds. The van der Waals surface area contributed by atoms with E-state index in [4.69, 9.17) is 5.73 Å². The summed E-state index contributed by atoms with van der Waals surface area (Å²) < 4.78 is 25.2. The molecule has 0 spiro atoms. The zero-order valence-corrected chi connectivity index (χ0v) is 8.25. The fraction of sp³-hybridized carbons (Fsp3) is 0. The summed E-state index contributed by atoms with van der Waals surface area (Å²) in [6.07, 6.45) is 0. The lowest BCUT2D eigenvalue weighted by atomic mass is 10.3. The topological polar surface area (TPSA) is 26.0 Å². The molecular formula is C6H5ClF2IN. The lowest BCUT2D eigenvalue weighted by Crippen LogP contribution is -1.94. The molecule has 1 aromatic rings. The zero-order chi connectivity index (χ0) is 7.72. The van der Waals surface area contributed by atoms with Gasteiger partial charge in [0.15, 0.2) is 0 Å². The Labute approximate surface area is 82.5 Å². The molecule has 2 N–H and O–H groups in total. The second-order valence-electron chi connectivity index (χ2n) is 1.78. The molecule has 0 atom stereocenters. The molecule has 0 radical (unpaired) electrons. The Bertz CT molecular complexity index is 244. The smallest absolute Gasteiger partial charge is 0.150 e. The largest absolute Gasteiger partial charge is 0.395 e. The molecule has 62 valence electrons. The van der Waals surface area contributed by atoms with E-state index in [-0.39, 0.29) is 18.1 Å². The monoisotopic (exact) mass is 291 g/mol. The zero-order valence-electron chi connectivity index (χ0n) is 5.27. The van der Waals surface area contributed by atoms with Crippen molar-refractivity contribution in [3.05, 3.63) is 27.3 Å². The summed E-state index contributed by atoms with van der Waals surface area (Å²) in [4.78, 5) is 0. The minimum absolute atomic E-state index is 0. The summed E-state index contributed by atoms with van der Waals surface area (Å²) in [5, 5.41) is 0. The molecule has 0 aromatic heterocycles. The predicted molar refractivity (Wildman–Crippen MR) is 50.7 cm³/mol. The van der Waals surface area contributed by atoms with Crippen molar-refractivity contribution < 1.29 is 8.78 Å². The molecule has 0 bridgehead atoms. The molecule has 0 unspecified atom stereocenters. The van der Waals surface area contributed by atoms with E-state index in [1.54, 1.807) is 22.6 Å². The Balaban J connectivity index is 0.000001000. The van der Waals surface area contributed by atoms with Crippen LogP contribution in [0.2, 0.25) is 0 Å². The average Bonchev–Trinajstić information content (AvgIpc) is 1.82. The van der Waals surface area contributed by atoms with Crippen LogP contribution in [0.15, 0.2) is 12.1 Å². The fourth-order valence-corrected chi connectivity index (χ4v) is 1.11. The minimum Gasteiger partial charge on any atom is -0.395 e. The summed E-state index contributed by atoms with van der Waals surface area (Å²) in [6.45, 7) is 0. The predicted octanol–water partition coefficient (Wildman–Crippen LogP) is 2.57. The molecule has 0 fully saturated rings. The number of benzene rings is 1. The second kappa shape index (κ2) is 4.06. The third kappa shape index (κ3) is 2.44. The molecule has 0 saturated heterocycles. The van der Waals surface area contributed by atoms with Crippen LogP contribution in [0.4, 0.5) is 14.5 Å². The first-order chi connectivity index (χ1) is 4.61. The summed E-state index contributed by atoms with van der Waals surface area (Å²) >= 11 is 1.77. The maximum absolute atomic E-state index is 12.5. The van der Waals surface area contributed by atoms with Crippen molar-refractivity contribution in [2.75, 3.05) is 5.73 Å². The van der Waals surface area contributed by atoms with Crippen molar-refractivity contribution in [1.82, 2.24) is 0 Å². The molecule has 1 nitrogen and oxygen atoms in total. The maximum Gasteiger partial charge on any atom is 0.150 e. The summed E-state index contributed by atoms with van der Waals surface area (Å²) in [5.41, 5.74) is 5.20. The number of hydrogen-bond acceptors (Lipinski definition) is 1. The first kappa shape index (κ1) is 10.9. The van der Waals surface area contributed by atoms with Crippen LogP contribution in [0.3, 0.4) is 0 Å². The first-order valence-electron chi connectivity index (χ1n) is 2.51. The number of rotatable bonds is 0. The highest BCUT2D eigenvalue weighted by molar-refractivity contribution is 14.1.